The predicted molar refractivity (Wildman–Crippen MR) is 53.3 cm³/mol. The molecular formula is C9H11BrFNO. The summed E-state index contributed by atoms with van der Waals surface area (Å²) in [7, 11) is 0. The Hall–Kier alpha value is -0.640. The molecular weight excluding hydrogens is 237 g/mol. The summed E-state index contributed by atoms with van der Waals surface area (Å²) in [6, 6.07) is 1.19. The Bertz CT molecular complexity index is 348. The van der Waals surface area contributed by atoms with Crippen LogP contribution in [0.3, 0.4) is 0 Å². The van der Waals surface area contributed by atoms with Crippen LogP contribution in [0.2, 0.25) is 0 Å². The highest BCUT2D eigenvalue weighted by Gasteiger charge is 2.03. The molecule has 1 aromatic heterocycles. The highest BCUT2D eigenvalue weighted by atomic mass is 79.9. The van der Waals surface area contributed by atoms with Crippen LogP contribution in [-0.4, -0.2) is 4.57 Å². The molecule has 0 aliphatic heterocycles. The number of hydrogen-bond donors (Lipinski definition) is 0. The van der Waals surface area contributed by atoms with Crippen LogP contribution in [0.4, 0.5) is 4.39 Å². The number of halogens is 2. The summed E-state index contributed by atoms with van der Waals surface area (Å²) in [5, 5.41) is 0. The first-order valence-corrected chi connectivity index (χ1v) is 5.00. The number of rotatable bonds is 3. The van der Waals surface area contributed by atoms with Gasteiger partial charge in [-0.15, -0.1) is 0 Å². The molecule has 13 heavy (non-hydrogen) atoms. The molecule has 0 saturated carbocycles. The van der Waals surface area contributed by atoms with Gasteiger partial charge in [0.05, 0.1) is 0 Å². The first kappa shape index (κ1) is 10.4. The standard InChI is InChI=1S/C9H11BrFNO/c1-2-3-4-12-6-7(10)5-8(11)9(12)13/h5-6H,2-4H2,1H3. The van der Waals surface area contributed by atoms with Crippen LogP contribution in [-0.2, 0) is 6.54 Å². The zero-order chi connectivity index (χ0) is 9.84. The van der Waals surface area contributed by atoms with Gasteiger partial charge in [-0.1, -0.05) is 13.3 Å². The Kier molecular flexibility index (Phi) is 3.66. The molecule has 0 bridgehead atoms. The van der Waals surface area contributed by atoms with Gasteiger partial charge < -0.3 is 4.57 Å². The van der Waals surface area contributed by atoms with Crippen LogP contribution < -0.4 is 5.56 Å². The van der Waals surface area contributed by atoms with Crippen LogP contribution >= 0.6 is 15.9 Å². The largest absolute Gasteiger partial charge is 0.312 e. The Morgan fingerprint density at radius 1 is 1.62 bits per heavy atom. The van der Waals surface area contributed by atoms with E-state index < -0.39 is 11.4 Å². The summed E-state index contributed by atoms with van der Waals surface area (Å²) < 4.78 is 14.9. The van der Waals surface area contributed by atoms with Gasteiger partial charge in [0.15, 0.2) is 5.82 Å². The van der Waals surface area contributed by atoms with E-state index in [4.69, 9.17) is 0 Å². The summed E-state index contributed by atoms with van der Waals surface area (Å²) in [6.07, 6.45) is 3.48. The van der Waals surface area contributed by atoms with Crippen molar-refractivity contribution in [3.8, 4) is 0 Å². The van der Waals surface area contributed by atoms with Gasteiger partial charge in [-0.3, -0.25) is 4.79 Å². The first-order valence-electron chi connectivity index (χ1n) is 4.20. The quantitative estimate of drug-likeness (QED) is 0.805. The second-order valence-electron chi connectivity index (χ2n) is 2.86. The minimum atomic E-state index is -0.703. The minimum Gasteiger partial charge on any atom is -0.312 e. The zero-order valence-corrected chi connectivity index (χ0v) is 8.97. The van der Waals surface area contributed by atoms with Crippen molar-refractivity contribution in [3.63, 3.8) is 0 Å². The highest BCUT2D eigenvalue weighted by Crippen LogP contribution is 2.08. The normalized spacial score (nSPS) is 10.4. The number of pyridine rings is 1. The van der Waals surface area contributed by atoms with Gasteiger partial charge in [0, 0.05) is 17.2 Å². The van der Waals surface area contributed by atoms with Gasteiger partial charge in [-0.05, 0) is 28.4 Å². The van der Waals surface area contributed by atoms with E-state index in [1.807, 2.05) is 6.92 Å². The number of aromatic nitrogens is 1. The average molecular weight is 248 g/mol. The topological polar surface area (TPSA) is 22.0 Å². The molecule has 1 heterocycles. The van der Waals surface area contributed by atoms with Crippen molar-refractivity contribution in [2.45, 2.75) is 26.3 Å². The molecule has 2 nitrogen and oxygen atoms in total. The number of aryl methyl sites for hydroxylation is 1. The van der Waals surface area contributed by atoms with Gasteiger partial charge in [-0.25, -0.2) is 4.39 Å². The molecule has 0 spiro atoms. The maximum atomic E-state index is 12.9. The van der Waals surface area contributed by atoms with Gasteiger partial charge >= 0.3 is 0 Å². The third-order valence-electron chi connectivity index (χ3n) is 1.76. The molecule has 4 heteroatoms. The number of hydrogen-bond acceptors (Lipinski definition) is 1. The van der Waals surface area contributed by atoms with Crippen LogP contribution in [0, 0.1) is 5.82 Å². The summed E-state index contributed by atoms with van der Waals surface area (Å²) in [5.41, 5.74) is -0.545. The predicted octanol–water partition coefficient (Wildman–Crippen LogP) is 2.55. The lowest BCUT2D eigenvalue weighted by atomic mass is 10.3. The van der Waals surface area contributed by atoms with Gasteiger partial charge in [0.1, 0.15) is 0 Å². The second-order valence-corrected chi connectivity index (χ2v) is 3.77. The maximum Gasteiger partial charge on any atom is 0.286 e. The maximum absolute atomic E-state index is 12.9. The van der Waals surface area contributed by atoms with Crippen molar-refractivity contribution >= 4 is 15.9 Å². The lowest BCUT2D eigenvalue weighted by Crippen LogP contribution is -2.22. The molecule has 1 rings (SSSR count). The van der Waals surface area contributed by atoms with Gasteiger partial charge in [0.25, 0.3) is 5.56 Å². The molecule has 0 atom stereocenters. The van der Waals surface area contributed by atoms with Crippen molar-refractivity contribution in [2.24, 2.45) is 0 Å². The number of nitrogens with zero attached hydrogens (tertiary/aromatic N) is 1. The van der Waals surface area contributed by atoms with Crippen LogP contribution in [0.25, 0.3) is 0 Å². The molecule has 0 aliphatic rings. The van der Waals surface area contributed by atoms with Crippen molar-refractivity contribution in [3.05, 3.63) is 32.9 Å². The molecule has 0 aliphatic carbocycles. The van der Waals surface area contributed by atoms with E-state index in [0.29, 0.717) is 11.0 Å². The molecule has 0 aromatic carbocycles. The molecule has 0 N–H and O–H groups in total. The molecule has 0 fully saturated rings. The smallest absolute Gasteiger partial charge is 0.286 e. The van der Waals surface area contributed by atoms with Gasteiger partial charge in [-0.2, -0.15) is 0 Å². The van der Waals surface area contributed by atoms with Gasteiger partial charge in [0.2, 0.25) is 0 Å². The Labute approximate surface area is 84.5 Å². The third kappa shape index (κ3) is 2.66. The molecule has 1 aromatic rings. The summed E-state index contributed by atoms with van der Waals surface area (Å²) in [6.45, 7) is 2.60. The Morgan fingerprint density at radius 3 is 2.92 bits per heavy atom. The molecule has 72 valence electrons. The van der Waals surface area contributed by atoms with E-state index in [2.05, 4.69) is 15.9 Å². The summed E-state index contributed by atoms with van der Waals surface area (Å²) in [4.78, 5) is 11.2. The fourth-order valence-electron chi connectivity index (χ4n) is 1.06. The van der Waals surface area contributed by atoms with E-state index in [9.17, 15) is 9.18 Å². The van der Waals surface area contributed by atoms with Crippen molar-refractivity contribution < 1.29 is 4.39 Å². The summed E-state index contributed by atoms with van der Waals surface area (Å²) >= 11 is 3.14. The number of unbranched alkanes of at least 4 members (excludes halogenated alkanes) is 1. The first-order chi connectivity index (χ1) is 6.15. The van der Waals surface area contributed by atoms with E-state index in [0.717, 1.165) is 12.8 Å². The van der Waals surface area contributed by atoms with Crippen LogP contribution in [0.5, 0.6) is 0 Å². The molecule has 0 saturated heterocycles. The van der Waals surface area contributed by atoms with E-state index >= 15 is 0 Å². The lowest BCUT2D eigenvalue weighted by Gasteiger charge is -2.04. The lowest BCUT2D eigenvalue weighted by molar-refractivity contribution is 0.547. The Morgan fingerprint density at radius 2 is 2.31 bits per heavy atom. The molecule has 0 radical (unpaired) electrons. The average Bonchev–Trinajstić information content (AvgIpc) is 2.09. The minimum absolute atomic E-state index is 0.545. The van der Waals surface area contributed by atoms with E-state index in [-0.39, 0.29) is 0 Å². The van der Waals surface area contributed by atoms with Crippen LogP contribution in [0.15, 0.2) is 21.5 Å². The zero-order valence-electron chi connectivity index (χ0n) is 7.39. The van der Waals surface area contributed by atoms with E-state index in [1.165, 1.54) is 10.6 Å². The van der Waals surface area contributed by atoms with E-state index in [1.54, 1.807) is 6.20 Å². The molecule has 0 amide bonds. The Balaban J connectivity index is 2.99. The van der Waals surface area contributed by atoms with Crippen molar-refractivity contribution in [2.75, 3.05) is 0 Å². The van der Waals surface area contributed by atoms with Crippen molar-refractivity contribution in [1.82, 2.24) is 4.57 Å². The highest BCUT2D eigenvalue weighted by molar-refractivity contribution is 9.10. The fourth-order valence-corrected chi connectivity index (χ4v) is 1.51. The third-order valence-corrected chi connectivity index (χ3v) is 2.20. The summed E-state index contributed by atoms with van der Waals surface area (Å²) in [5.74, 6) is -0.703. The fraction of sp³-hybridized carbons (Fsp3) is 0.444. The SMILES string of the molecule is CCCCn1cc(Br)cc(F)c1=O. The van der Waals surface area contributed by atoms with Crippen molar-refractivity contribution in [1.29, 1.82) is 0 Å². The molecule has 0 unspecified atom stereocenters. The second kappa shape index (κ2) is 4.56. The monoisotopic (exact) mass is 247 g/mol. The van der Waals surface area contributed by atoms with Crippen LogP contribution in [0.1, 0.15) is 19.8 Å².